The van der Waals surface area contributed by atoms with Gasteiger partial charge in [-0.05, 0) is 43.2 Å². The zero-order chi connectivity index (χ0) is 22.3. The fraction of sp³-hybridized carbons (Fsp3) is 0.333. The van der Waals surface area contributed by atoms with Crippen LogP contribution < -0.4 is 19.1 Å². The van der Waals surface area contributed by atoms with Gasteiger partial charge in [-0.3, -0.25) is 9.69 Å². The van der Waals surface area contributed by atoms with E-state index >= 15 is 0 Å². The summed E-state index contributed by atoms with van der Waals surface area (Å²) in [6.45, 7) is 4.01. The van der Waals surface area contributed by atoms with Gasteiger partial charge >= 0.3 is 5.97 Å². The minimum absolute atomic E-state index is 0.0546. The number of cyclic esters (lactones) is 1. The smallest absolute Gasteiger partial charge is 0.336 e. The maximum atomic E-state index is 13.4. The molecule has 0 N–H and O–H groups in total. The lowest BCUT2D eigenvalue weighted by Crippen LogP contribution is -2.37. The molecule has 1 unspecified atom stereocenters. The fourth-order valence-corrected chi connectivity index (χ4v) is 4.42. The molecule has 0 radical (unpaired) electrons. The molecule has 0 spiro atoms. The van der Waals surface area contributed by atoms with E-state index in [1.807, 2.05) is 32.0 Å². The van der Waals surface area contributed by atoms with Crippen molar-refractivity contribution in [2.24, 2.45) is 0 Å². The standard InChI is InChI=1S/C24H25NO6/c1-13-6-14(2)8-15(7-13)25-18-12-31-24(27)23(18)17(10-22(25)26)16-9-20(29-4)21(30-5)11-19(16)28-3/h6-9,11,17H,10,12H2,1-5H3. The zero-order valence-corrected chi connectivity index (χ0v) is 18.3. The largest absolute Gasteiger partial charge is 0.496 e. The molecule has 0 bridgehead atoms. The van der Waals surface area contributed by atoms with Crippen molar-refractivity contribution < 1.29 is 28.5 Å². The Morgan fingerprint density at radius 2 is 1.48 bits per heavy atom. The van der Waals surface area contributed by atoms with Crippen molar-refractivity contribution in [3.63, 3.8) is 0 Å². The number of amides is 1. The van der Waals surface area contributed by atoms with Gasteiger partial charge in [-0.1, -0.05) is 6.07 Å². The third-order valence-electron chi connectivity index (χ3n) is 5.69. The molecule has 2 aromatic rings. The van der Waals surface area contributed by atoms with Gasteiger partial charge in [0.2, 0.25) is 5.91 Å². The summed E-state index contributed by atoms with van der Waals surface area (Å²) in [5.41, 5.74) is 4.56. The van der Waals surface area contributed by atoms with Gasteiger partial charge in [0.25, 0.3) is 0 Å². The van der Waals surface area contributed by atoms with Gasteiger partial charge in [0.05, 0.1) is 32.6 Å². The molecule has 7 heteroatoms. The Kier molecular flexibility index (Phi) is 5.35. The number of nitrogens with zero attached hydrogens (tertiary/aromatic N) is 1. The number of aryl methyl sites for hydroxylation is 2. The van der Waals surface area contributed by atoms with Crippen molar-refractivity contribution in [3.05, 3.63) is 58.3 Å². The summed E-state index contributed by atoms with van der Waals surface area (Å²) in [6, 6.07) is 9.39. The first-order chi connectivity index (χ1) is 14.9. The van der Waals surface area contributed by atoms with E-state index in [0.717, 1.165) is 16.8 Å². The second-order valence-electron chi connectivity index (χ2n) is 7.72. The number of rotatable bonds is 5. The van der Waals surface area contributed by atoms with E-state index in [1.54, 1.807) is 24.1 Å². The van der Waals surface area contributed by atoms with Gasteiger partial charge in [-0.25, -0.2) is 4.79 Å². The first kappa shape index (κ1) is 20.8. The Morgan fingerprint density at radius 1 is 0.871 bits per heavy atom. The highest BCUT2D eigenvalue weighted by Crippen LogP contribution is 2.47. The lowest BCUT2D eigenvalue weighted by molar-refractivity contribution is -0.136. The molecule has 0 fully saturated rings. The maximum absolute atomic E-state index is 13.4. The van der Waals surface area contributed by atoms with Crippen LogP contribution in [0.1, 0.15) is 29.0 Å². The van der Waals surface area contributed by atoms with Crippen LogP contribution in [0.5, 0.6) is 17.2 Å². The summed E-state index contributed by atoms with van der Waals surface area (Å²) in [5, 5.41) is 0. The Labute approximate surface area is 181 Å². The van der Waals surface area contributed by atoms with Crippen LogP contribution in [0.3, 0.4) is 0 Å². The second kappa shape index (κ2) is 7.98. The summed E-state index contributed by atoms with van der Waals surface area (Å²) >= 11 is 0. The van der Waals surface area contributed by atoms with E-state index in [1.165, 1.54) is 14.2 Å². The van der Waals surface area contributed by atoms with Gasteiger partial charge in [-0.15, -0.1) is 0 Å². The summed E-state index contributed by atoms with van der Waals surface area (Å²) in [7, 11) is 4.62. The lowest BCUT2D eigenvalue weighted by Gasteiger charge is -2.33. The molecule has 0 aliphatic carbocycles. The molecule has 4 rings (SSSR count). The summed E-state index contributed by atoms with van der Waals surface area (Å²) in [6.07, 6.45) is 0.104. The van der Waals surface area contributed by atoms with Crippen LogP contribution in [0, 0.1) is 13.8 Å². The molecule has 2 aliphatic heterocycles. The molecule has 0 saturated carbocycles. The second-order valence-corrected chi connectivity index (χ2v) is 7.72. The van der Waals surface area contributed by atoms with Crippen LogP contribution in [0.2, 0.25) is 0 Å². The van der Waals surface area contributed by atoms with Crippen molar-refractivity contribution in [1.29, 1.82) is 0 Å². The van der Waals surface area contributed by atoms with E-state index in [9.17, 15) is 9.59 Å². The van der Waals surface area contributed by atoms with Crippen LogP contribution in [0.25, 0.3) is 0 Å². The number of carbonyl (C=O) groups excluding carboxylic acids is 2. The quantitative estimate of drug-likeness (QED) is 0.684. The molecule has 31 heavy (non-hydrogen) atoms. The lowest BCUT2D eigenvalue weighted by atomic mass is 9.83. The molecular weight excluding hydrogens is 398 g/mol. The van der Waals surface area contributed by atoms with E-state index in [4.69, 9.17) is 18.9 Å². The van der Waals surface area contributed by atoms with E-state index in [2.05, 4.69) is 0 Å². The molecule has 1 atom stereocenters. The monoisotopic (exact) mass is 423 g/mol. The normalized spacial score (nSPS) is 18.1. The molecule has 2 aromatic carbocycles. The Balaban J connectivity index is 1.88. The van der Waals surface area contributed by atoms with Crippen molar-refractivity contribution in [2.75, 3.05) is 32.8 Å². The maximum Gasteiger partial charge on any atom is 0.336 e. The number of anilines is 1. The summed E-state index contributed by atoms with van der Waals surface area (Å²) in [4.78, 5) is 27.7. The molecule has 2 aliphatic rings. The predicted molar refractivity (Wildman–Crippen MR) is 115 cm³/mol. The van der Waals surface area contributed by atoms with E-state index in [0.29, 0.717) is 34.1 Å². The minimum Gasteiger partial charge on any atom is -0.496 e. The number of ether oxygens (including phenoxy) is 4. The average Bonchev–Trinajstić information content (AvgIpc) is 3.12. The van der Waals surface area contributed by atoms with E-state index < -0.39 is 11.9 Å². The van der Waals surface area contributed by atoms with Gasteiger partial charge in [0, 0.05) is 29.7 Å². The average molecular weight is 423 g/mol. The number of hydrogen-bond acceptors (Lipinski definition) is 6. The van der Waals surface area contributed by atoms with Crippen LogP contribution >= 0.6 is 0 Å². The highest BCUT2D eigenvalue weighted by Gasteiger charge is 2.44. The third kappa shape index (κ3) is 3.50. The predicted octanol–water partition coefficient (Wildman–Crippen LogP) is 3.66. The highest BCUT2D eigenvalue weighted by atomic mass is 16.5. The molecule has 7 nitrogen and oxygen atoms in total. The third-order valence-corrected chi connectivity index (χ3v) is 5.69. The van der Waals surface area contributed by atoms with Gasteiger partial charge in [0.15, 0.2) is 11.5 Å². The Bertz CT molecular complexity index is 1080. The molecule has 0 aromatic heterocycles. The summed E-state index contributed by atoms with van der Waals surface area (Å²) in [5.74, 6) is 0.486. The van der Waals surface area contributed by atoms with Crippen molar-refractivity contribution in [2.45, 2.75) is 26.2 Å². The van der Waals surface area contributed by atoms with Crippen molar-refractivity contribution in [1.82, 2.24) is 0 Å². The molecule has 1 amide bonds. The first-order valence-electron chi connectivity index (χ1n) is 9.99. The number of esters is 1. The van der Waals surface area contributed by atoms with Crippen LogP contribution in [-0.4, -0.2) is 39.8 Å². The number of benzene rings is 2. The zero-order valence-electron chi connectivity index (χ0n) is 18.3. The van der Waals surface area contributed by atoms with Crippen molar-refractivity contribution >= 4 is 17.6 Å². The first-order valence-corrected chi connectivity index (χ1v) is 9.99. The molecular formula is C24H25NO6. The Hall–Kier alpha value is -3.48. The topological polar surface area (TPSA) is 74.3 Å². The van der Waals surface area contributed by atoms with Crippen LogP contribution in [0.15, 0.2) is 41.6 Å². The number of carbonyl (C=O) groups is 2. The number of hydrogen-bond donors (Lipinski definition) is 0. The SMILES string of the molecule is COc1cc(OC)c(C2CC(=O)N(c3cc(C)cc(C)c3)C3=C2C(=O)OC3)cc1OC. The highest BCUT2D eigenvalue weighted by molar-refractivity contribution is 6.06. The Morgan fingerprint density at radius 3 is 2.10 bits per heavy atom. The van der Waals surface area contributed by atoms with Gasteiger partial charge in [-0.2, -0.15) is 0 Å². The summed E-state index contributed by atoms with van der Waals surface area (Å²) < 4.78 is 21.8. The van der Waals surface area contributed by atoms with Crippen LogP contribution in [-0.2, 0) is 14.3 Å². The molecule has 0 saturated heterocycles. The fourth-order valence-electron chi connectivity index (χ4n) is 4.42. The molecule has 162 valence electrons. The molecule has 2 heterocycles. The minimum atomic E-state index is -0.505. The van der Waals surface area contributed by atoms with Crippen LogP contribution in [0.4, 0.5) is 5.69 Å². The van der Waals surface area contributed by atoms with Gasteiger partial charge < -0.3 is 18.9 Å². The van der Waals surface area contributed by atoms with E-state index in [-0.39, 0.29) is 18.9 Å². The number of methoxy groups -OCH3 is 3. The van der Waals surface area contributed by atoms with Gasteiger partial charge in [0.1, 0.15) is 12.4 Å². The van der Waals surface area contributed by atoms with Crippen molar-refractivity contribution in [3.8, 4) is 17.2 Å².